The van der Waals surface area contributed by atoms with Crippen LogP contribution in [-0.4, -0.2) is 11.0 Å². The predicted octanol–water partition coefficient (Wildman–Crippen LogP) is 5.92. The molecule has 2 aromatic heterocycles. The van der Waals surface area contributed by atoms with Crippen LogP contribution < -0.4 is 4.90 Å². The average Bonchev–Trinajstić information content (AvgIpc) is 2.83. The fourth-order valence-corrected chi connectivity index (χ4v) is 3.61. The topological polar surface area (TPSA) is 16.1 Å². The number of fused-ring (bicyclic) bond motifs is 1. The Balaban J connectivity index is 0.00000161. The van der Waals surface area contributed by atoms with Gasteiger partial charge < -0.3 is 4.90 Å². The SMILES string of the molecule is CC(C)N(c1ccncc1)c1csc2cc(Cl)ccc12.Cl. The highest BCUT2D eigenvalue weighted by atomic mass is 35.5. The molecule has 5 heteroatoms. The molecule has 0 saturated carbocycles. The summed E-state index contributed by atoms with van der Waals surface area (Å²) in [6.07, 6.45) is 3.66. The lowest BCUT2D eigenvalue weighted by atomic mass is 10.2. The van der Waals surface area contributed by atoms with Crippen LogP contribution >= 0.6 is 35.3 Å². The van der Waals surface area contributed by atoms with E-state index < -0.39 is 0 Å². The molecule has 0 N–H and O–H groups in total. The smallest absolute Gasteiger partial charge is 0.0601 e. The molecule has 0 spiro atoms. The van der Waals surface area contributed by atoms with Crippen molar-refractivity contribution in [2.24, 2.45) is 0 Å². The molecule has 21 heavy (non-hydrogen) atoms. The van der Waals surface area contributed by atoms with Gasteiger partial charge in [0.2, 0.25) is 0 Å². The maximum atomic E-state index is 6.07. The van der Waals surface area contributed by atoms with Crippen molar-refractivity contribution in [3.8, 4) is 0 Å². The van der Waals surface area contributed by atoms with E-state index in [1.165, 1.54) is 15.8 Å². The van der Waals surface area contributed by atoms with Crippen molar-refractivity contribution >= 4 is 56.8 Å². The number of thiophene rings is 1. The molecule has 0 saturated heterocycles. The monoisotopic (exact) mass is 338 g/mol. The van der Waals surface area contributed by atoms with Crippen LogP contribution in [0.3, 0.4) is 0 Å². The van der Waals surface area contributed by atoms with Gasteiger partial charge >= 0.3 is 0 Å². The Kier molecular flexibility index (Phi) is 5.09. The van der Waals surface area contributed by atoms with E-state index in [4.69, 9.17) is 11.6 Å². The first-order chi connectivity index (χ1) is 9.66. The molecule has 2 heterocycles. The van der Waals surface area contributed by atoms with Crippen LogP contribution in [0, 0.1) is 0 Å². The minimum Gasteiger partial charge on any atom is -0.338 e. The zero-order valence-electron chi connectivity index (χ0n) is 11.8. The molecule has 3 rings (SSSR count). The first-order valence-corrected chi connectivity index (χ1v) is 7.78. The number of rotatable bonds is 3. The van der Waals surface area contributed by atoms with Gasteiger partial charge in [-0.1, -0.05) is 11.6 Å². The highest BCUT2D eigenvalue weighted by Gasteiger charge is 2.17. The van der Waals surface area contributed by atoms with E-state index in [0.29, 0.717) is 6.04 Å². The molecular formula is C16H16Cl2N2S. The third-order valence-electron chi connectivity index (χ3n) is 3.23. The average molecular weight is 339 g/mol. The molecule has 0 atom stereocenters. The second-order valence-electron chi connectivity index (χ2n) is 4.93. The lowest BCUT2D eigenvalue weighted by Gasteiger charge is -2.28. The van der Waals surface area contributed by atoms with Gasteiger partial charge in [-0.15, -0.1) is 23.7 Å². The molecule has 0 radical (unpaired) electrons. The fraction of sp³-hybridized carbons (Fsp3) is 0.188. The largest absolute Gasteiger partial charge is 0.338 e. The first kappa shape index (κ1) is 16.1. The van der Waals surface area contributed by atoms with Crippen LogP contribution in [0.25, 0.3) is 10.1 Å². The Morgan fingerprint density at radius 3 is 2.52 bits per heavy atom. The van der Waals surface area contributed by atoms with Gasteiger partial charge in [-0.3, -0.25) is 4.98 Å². The zero-order chi connectivity index (χ0) is 14.1. The van der Waals surface area contributed by atoms with Gasteiger partial charge in [0.25, 0.3) is 0 Å². The van der Waals surface area contributed by atoms with Crippen LogP contribution in [0.5, 0.6) is 0 Å². The van der Waals surface area contributed by atoms with Gasteiger partial charge in [0, 0.05) is 44.6 Å². The minimum absolute atomic E-state index is 0. The molecule has 1 aromatic carbocycles. The van der Waals surface area contributed by atoms with E-state index in [2.05, 4.69) is 35.2 Å². The standard InChI is InChI=1S/C16H15ClN2S.ClH/c1-11(2)19(13-5-7-18-8-6-13)15-10-20-16-9-12(17)3-4-14(15)16;/h3-11H,1-2H3;1H. The maximum Gasteiger partial charge on any atom is 0.0601 e. The van der Waals surface area contributed by atoms with Gasteiger partial charge in [0.05, 0.1) is 5.69 Å². The van der Waals surface area contributed by atoms with E-state index in [-0.39, 0.29) is 12.4 Å². The Labute approximate surface area is 139 Å². The highest BCUT2D eigenvalue weighted by Crippen LogP contribution is 2.38. The number of halogens is 2. The molecule has 0 aliphatic rings. The van der Waals surface area contributed by atoms with Gasteiger partial charge in [0.15, 0.2) is 0 Å². The van der Waals surface area contributed by atoms with E-state index >= 15 is 0 Å². The Hall–Kier alpha value is -1.29. The van der Waals surface area contributed by atoms with E-state index in [1.807, 2.05) is 36.7 Å². The summed E-state index contributed by atoms with van der Waals surface area (Å²) in [6, 6.07) is 10.5. The lowest BCUT2D eigenvalue weighted by molar-refractivity contribution is 0.791. The fourth-order valence-electron chi connectivity index (χ4n) is 2.39. The van der Waals surface area contributed by atoms with Crippen molar-refractivity contribution in [1.82, 2.24) is 4.98 Å². The molecule has 0 bridgehead atoms. The second kappa shape index (κ2) is 6.65. The normalized spacial score (nSPS) is 10.7. The van der Waals surface area contributed by atoms with Crippen molar-refractivity contribution in [3.05, 3.63) is 53.1 Å². The van der Waals surface area contributed by atoms with E-state index in [0.717, 1.165) is 10.7 Å². The second-order valence-corrected chi connectivity index (χ2v) is 6.28. The number of hydrogen-bond acceptors (Lipinski definition) is 3. The molecular weight excluding hydrogens is 323 g/mol. The van der Waals surface area contributed by atoms with Crippen LogP contribution in [0.15, 0.2) is 48.1 Å². The van der Waals surface area contributed by atoms with Crippen molar-refractivity contribution in [2.45, 2.75) is 19.9 Å². The van der Waals surface area contributed by atoms with Gasteiger partial charge in [-0.05, 0) is 44.2 Å². The number of pyridine rings is 1. The van der Waals surface area contributed by atoms with Crippen LogP contribution in [0.2, 0.25) is 5.02 Å². The number of benzene rings is 1. The lowest BCUT2D eigenvalue weighted by Crippen LogP contribution is -2.25. The summed E-state index contributed by atoms with van der Waals surface area (Å²) in [5.41, 5.74) is 2.38. The quantitative estimate of drug-likeness (QED) is 0.589. The first-order valence-electron chi connectivity index (χ1n) is 6.53. The molecule has 0 aliphatic carbocycles. The molecule has 0 amide bonds. The van der Waals surface area contributed by atoms with Crippen LogP contribution in [0.4, 0.5) is 11.4 Å². The Morgan fingerprint density at radius 2 is 1.86 bits per heavy atom. The minimum atomic E-state index is 0. The Morgan fingerprint density at radius 1 is 1.14 bits per heavy atom. The summed E-state index contributed by atoms with van der Waals surface area (Å²) in [6.45, 7) is 4.39. The summed E-state index contributed by atoms with van der Waals surface area (Å²) < 4.78 is 1.22. The number of aromatic nitrogens is 1. The number of hydrogen-bond donors (Lipinski definition) is 0. The van der Waals surface area contributed by atoms with Crippen LogP contribution in [0.1, 0.15) is 13.8 Å². The summed E-state index contributed by atoms with van der Waals surface area (Å²) in [4.78, 5) is 6.43. The van der Waals surface area contributed by atoms with E-state index in [1.54, 1.807) is 11.3 Å². The predicted molar refractivity (Wildman–Crippen MR) is 95.6 cm³/mol. The Bertz CT molecular complexity index is 725. The van der Waals surface area contributed by atoms with Crippen LogP contribution in [-0.2, 0) is 0 Å². The van der Waals surface area contributed by atoms with E-state index in [9.17, 15) is 0 Å². The van der Waals surface area contributed by atoms with Crippen molar-refractivity contribution in [3.63, 3.8) is 0 Å². The molecule has 0 aliphatic heterocycles. The summed E-state index contributed by atoms with van der Waals surface area (Å²) in [5, 5.41) is 4.22. The van der Waals surface area contributed by atoms with Gasteiger partial charge in [-0.25, -0.2) is 0 Å². The third-order valence-corrected chi connectivity index (χ3v) is 4.40. The zero-order valence-corrected chi connectivity index (χ0v) is 14.2. The molecule has 0 fully saturated rings. The molecule has 2 nitrogen and oxygen atoms in total. The molecule has 0 unspecified atom stereocenters. The molecule has 3 aromatic rings. The van der Waals surface area contributed by atoms with Crippen molar-refractivity contribution < 1.29 is 0 Å². The summed E-state index contributed by atoms with van der Waals surface area (Å²) in [5.74, 6) is 0. The summed E-state index contributed by atoms with van der Waals surface area (Å²) in [7, 11) is 0. The summed E-state index contributed by atoms with van der Waals surface area (Å²) >= 11 is 7.80. The molecule has 110 valence electrons. The number of anilines is 2. The third kappa shape index (κ3) is 3.15. The highest BCUT2D eigenvalue weighted by molar-refractivity contribution is 7.17. The number of nitrogens with zero attached hydrogens (tertiary/aromatic N) is 2. The van der Waals surface area contributed by atoms with Gasteiger partial charge in [0.1, 0.15) is 0 Å². The van der Waals surface area contributed by atoms with Gasteiger partial charge in [-0.2, -0.15) is 0 Å². The maximum absolute atomic E-state index is 6.07. The van der Waals surface area contributed by atoms with Crippen molar-refractivity contribution in [2.75, 3.05) is 4.90 Å². The van der Waals surface area contributed by atoms with Crippen molar-refractivity contribution in [1.29, 1.82) is 0 Å².